The Labute approximate surface area is 175 Å². The second-order valence-corrected chi connectivity index (χ2v) is 7.11. The zero-order valence-electron chi connectivity index (χ0n) is 16.7. The zero-order valence-corrected chi connectivity index (χ0v) is 16.7. The number of azo groups is 2. The Morgan fingerprint density at radius 2 is 1.19 bits per heavy atom. The number of carbonyl (C=O) groups is 2. The van der Waals surface area contributed by atoms with Gasteiger partial charge in [-0.1, -0.05) is 23.3 Å². The van der Waals surface area contributed by atoms with Crippen LogP contribution in [0.15, 0.2) is 56.9 Å². The number of carbonyl (C=O) groups excluding carboxylic acids is 2. The van der Waals surface area contributed by atoms with Gasteiger partial charge in [0.1, 0.15) is 6.42 Å². The molecule has 2 amide bonds. The maximum Gasteiger partial charge on any atom is 0.274 e. The molecule has 2 heterocycles. The fraction of sp³-hybridized carbons (Fsp3) is 0.143. The molecule has 4 aromatic rings. The number of rotatable bonds is 4. The van der Waals surface area contributed by atoms with Crippen LogP contribution in [0.3, 0.4) is 0 Å². The minimum atomic E-state index is -0.843. The Balaban J connectivity index is 1.48. The molecule has 10 heteroatoms. The third kappa shape index (κ3) is 4.04. The van der Waals surface area contributed by atoms with Gasteiger partial charge in [0.2, 0.25) is 11.8 Å². The highest BCUT2D eigenvalue weighted by Gasteiger charge is 2.14. The van der Waals surface area contributed by atoms with Crippen LogP contribution in [0.1, 0.15) is 17.5 Å². The van der Waals surface area contributed by atoms with E-state index in [0.717, 1.165) is 11.1 Å². The summed E-state index contributed by atoms with van der Waals surface area (Å²) >= 11 is 0. The summed E-state index contributed by atoms with van der Waals surface area (Å²) in [6.07, 6.45) is -0.655. The molecule has 0 spiro atoms. The fourth-order valence-corrected chi connectivity index (χ4v) is 3.17. The van der Waals surface area contributed by atoms with Crippen LogP contribution in [-0.4, -0.2) is 32.0 Å². The number of hydrogen-bond donors (Lipinski definition) is 4. The van der Waals surface area contributed by atoms with Crippen molar-refractivity contribution >= 4 is 45.0 Å². The molecule has 0 unspecified atom stereocenters. The van der Waals surface area contributed by atoms with Gasteiger partial charge < -0.3 is 20.2 Å². The van der Waals surface area contributed by atoms with Gasteiger partial charge in [-0.3, -0.25) is 9.59 Å². The van der Waals surface area contributed by atoms with E-state index >= 15 is 0 Å². The number of hydrogen-bond acceptors (Lipinski definition) is 6. The molecule has 2 aromatic carbocycles. The lowest BCUT2D eigenvalue weighted by atomic mass is 10.2. The van der Waals surface area contributed by atoms with Crippen LogP contribution in [0.25, 0.3) is 21.8 Å². The van der Waals surface area contributed by atoms with E-state index in [2.05, 4.69) is 30.4 Å². The first kappa shape index (κ1) is 20.0. The molecular weight excluding hydrogens is 400 g/mol. The maximum atomic E-state index is 12.0. The predicted molar refractivity (Wildman–Crippen MR) is 113 cm³/mol. The third-order valence-corrected chi connectivity index (χ3v) is 4.64. The lowest BCUT2D eigenvalue weighted by Crippen LogP contribution is -2.01. The number of benzene rings is 2. The molecular formula is C21H18N6O4. The van der Waals surface area contributed by atoms with Gasteiger partial charge >= 0.3 is 0 Å². The van der Waals surface area contributed by atoms with Gasteiger partial charge in [-0.05, 0) is 38.1 Å². The van der Waals surface area contributed by atoms with E-state index in [4.69, 9.17) is 0 Å². The Bertz CT molecular complexity index is 1290. The molecule has 0 saturated carbocycles. The predicted octanol–water partition coefficient (Wildman–Crippen LogP) is 4.99. The van der Waals surface area contributed by atoms with Crippen LogP contribution >= 0.6 is 0 Å². The molecule has 156 valence electrons. The van der Waals surface area contributed by atoms with Crippen molar-refractivity contribution in [3.8, 4) is 11.8 Å². The molecule has 4 N–H and O–H groups in total. The summed E-state index contributed by atoms with van der Waals surface area (Å²) in [5.41, 5.74) is 3.40. The topological polar surface area (TPSA) is 156 Å². The summed E-state index contributed by atoms with van der Waals surface area (Å²) in [6.45, 7) is 3.76. The van der Waals surface area contributed by atoms with Gasteiger partial charge in [0.05, 0.1) is 11.0 Å². The van der Waals surface area contributed by atoms with Crippen molar-refractivity contribution in [1.29, 1.82) is 0 Å². The van der Waals surface area contributed by atoms with E-state index in [1.807, 2.05) is 26.0 Å². The van der Waals surface area contributed by atoms with Crippen molar-refractivity contribution in [3.63, 3.8) is 0 Å². The molecule has 2 aromatic heterocycles. The number of nitrogens with zero attached hydrogens (tertiary/aromatic N) is 4. The minimum absolute atomic E-state index is 0.111. The Kier molecular flexibility index (Phi) is 5.04. The quantitative estimate of drug-likeness (QED) is 0.272. The number of H-pyrrole nitrogens is 2. The molecule has 4 rings (SSSR count). The van der Waals surface area contributed by atoms with Gasteiger partial charge in [0.15, 0.2) is 11.4 Å². The molecule has 31 heavy (non-hydrogen) atoms. The molecule has 0 radical (unpaired) electrons. The average molecular weight is 418 g/mol. The van der Waals surface area contributed by atoms with Gasteiger partial charge in [-0.15, -0.1) is 20.5 Å². The summed E-state index contributed by atoms with van der Waals surface area (Å²) in [5, 5.41) is 35.8. The van der Waals surface area contributed by atoms with Crippen LogP contribution in [0.2, 0.25) is 0 Å². The third-order valence-electron chi connectivity index (χ3n) is 4.64. The van der Waals surface area contributed by atoms with Crippen LogP contribution < -0.4 is 0 Å². The summed E-state index contributed by atoms with van der Waals surface area (Å²) in [4.78, 5) is 29.5. The molecule has 0 aliphatic heterocycles. The van der Waals surface area contributed by atoms with E-state index < -0.39 is 18.2 Å². The molecule has 0 atom stereocenters. The number of nitrogens with one attached hydrogen (secondary N) is 2. The van der Waals surface area contributed by atoms with E-state index in [0.29, 0.717) is 21.8 Å². The smallest absolute Gasteiger partial charge is 0.274 e. The molecule has 10 nitrogen and oxygen atoms in total. The first-order valence-corrected chi connectivity index (χ1v) is 9.33. The molecule has 0 fully saturated rings. The number of amides is 2. The van der Waals surface area contributed by atoms with Gasteiger partial charge in [-0.25, -0.2) is 0 Å². The maximum absolute atomic E-state index is 12.0. The van der Waals surface area contributed by atoms with E-state index in [1.54, 1.807) is 24.3 Å². The summed E-state index contributed by atoms with van der Waals surface area (Å²) in [7, 11) is 0. The highest BCUT2D eigenvalue weighted by molar-refractivity contribution is 5.99. The number of aromatic amines is 2. The summed E-state index contributed by atoms with van der Waals surface area (Å²) in [5.74, 6) is -2.14. The first-order chi connectivity index (χ1) is 14.8. The lowest BCUT2D eigenvalue weighted by molar-refractivity contribution is -0.126. The number of fused-ring (bicyclic) bond motifs is 2. The molecule has 0 aliphatic rings. The summed E-state index contributed by atoms with van der Waals surface area (Å²) < 4.78 is 0. The number of aromatic hydroxyl groups is 2. The first-order valence-electron chi connectivity index (χ1n) is 9.33. The normalized spacial score (nSPS) is 11.9. The second kappa shape index (κ2) is 7.82. The Morgan fingerprint density at radius 3 is 1.61 bits per heavy atom. The molecule has 0 bridgehead atoms. The van der Waals surface area contributed by atoms with Gasteiger partial charge in [0, 0.05) is 10.8 Å². The Hall–Kier alpha value is -4.34. The standard InChI is InChI=1S/C21H18N6O4/c1-10-3-5-14-12(7-10)18(20(30)22-14)26-24-16(28)9-17(29)25-27-19-13-8-11(2)4-6-15(13)23-21(19)31/h3-8,22-23,30-31H,9H2,1-2H3. The highest BCUT2D eigenvalue weighted by Crippen LogP contribution is 2.37. The van der Waals surface area contributed by atoms with Gasteiger partial charge in [0.25, 0.3) is 11.8 Å². The van der Waals surface area contributed by atoms with Crippen LogP contribution in [0.5, 0.6) is 11.8 Å². The van der Waals surface area contributed by atoms with Crippen molar-refractivity contribution in [2.45, 2.75) is 20.3 Å². The zero-order chi connectivity index (χ0) is 22.1. The number of aromatic nitrogens is 2. The van der Waals surface area contributed by atoms with Crippen LogP contribution in [0, 0.1) is 13.8 Å². The SMILES string of the molecule is Cc1ccc2[nH]c(O)c(N=NC(=O)CC(=O)N=Nc3c(O)[nH]c4ccc(C)cc34)c2c1. The van der Waals surface area contributed by atoms with Crippen molar-refractivity contribution < 1.29 is 19.8 Å². The summed E-state index contributed by atoms with van der Waals surface area (Å²) in [6, 6.07) is 10.9. The van der Waals surface area contributed by atoms with Crippen LogP contribution in [-0.2, 0) is 9.59 Å². The van der Waals surface area contributed by atoms with Crippen molar-refractivity contribution in [1.82, 2.24) is 9.97 Å². The van der Waals surface area contributed by atoms with Crippen LogP contribution in [0.4, 0.5) is 11.4 Å². The number of aryl methyl sites for hydroxylation is 2. The largest absolute Gasteiger partial charge is 0.493 e. The van der Waals surface area contributed by atoms with Crippen molar-refractivity contribution in [2.24, 2.45) is 20.5 Å². The molecule has 0 saturated heterocycles. The molecule has 0 aliphatic carbocycles. The van der Waals surface area contributed by atoms with E-state index in [9.17, 15) is 19.8 Å². The van der Waals surface area contributed by atoms with Gasteiger partial charge in [-0.2, -0.15) is 0 Å². The lowest BCUT2D eigenvalue weighted by Gasteiger charge is -1.94. The van der Waals surface area contributed by atoms with E-state index in [1.165, 1.54) is 0 Å². The van der Waals surface area contributed by atoms with E-state index in [-0.39, 0.29) is 23.1 Å². The fourth-order valence-electron chi connectivity index (χ4n) is 3.17. The minimum Gasteiger partial charge on any atom is -0.493 e. The van der Waals surface area contributed by atoms with Crippen molar-refractivity contribution in [3.05, 3.63) is 47.5 Å². The second-order valence-electron chi connectivity index (χ2n) is 7.11. The highest BCUT2D eigenvalue weighted by atomic mass is 16.3. The Morgan fingerprint density at radius 1 is 0.774 bits per heavy atom. The average Bonchev–Trinajstić information content (AvgIpc) is 3.19. The monoisotopic (exact) mass is 418 g/mol. The van der Waals surface area contributed by atoms with Crippen molar-refractivity contribution in [2.75, 3.05) is 0 Å².